The summed E-state index contributed by atoms with van der Waals surface area (Å²) in [6.45, 7) is 6.37. The maximum atomic E-state index is 12.8. The van der Waals surface area contributed by atoms with Crippen molar-refractivity contribution in [3.05, 3.63) is 35.4 Å². The third-order valence-corrected chi connectivity index (χ3v) is 5.30. The molecule has 4 heteroatoms. The number of amides is 1. The van der Waals surface area contributed by atoms with Gasteiger partial charge in [0.2, 0.25) is 5.91 Å². The molecule has 2 fully saturated rings. The Morgan fingerprint density at radius 1 is 1.17 bits per heavy atom. The van der Waals surface area contributed by atoms with Crippen LogP contribution in [0.1, 0.15) is 63.0 Å². The monoisotopic (exact) mass is 329 g/mol. The van der Waals surface area contributed by atoms with E-state index in [0.29, 0.717) is 18.4 Å². The number of benzene rings is 1. The first-order valence-corrected chi connectivity index (χ1v) is 9.01. The normalized spacial score (nSPS) is 23.8. The lowest BCUT2D eigenvalue weighted by Gasteiger charge is -2.24. The van der Waals surface area contributed by atoms with Crippen molar-refractivity contribution in [2.45, 2.75) is 57.9 Å². The Balaban J connectivity index is 1.64. The SMILES string of the molecule is CC(CN(C(=O)C1CC1c1ccc(C(C)C)cc1)C1CC1)C(=O)O. The summed E-state index contributed by atoms with van der Waals surface area (Å²) in [5, 5.41) is 9.13. The van der Waals surface area contributed by atoms with Crippen molar-refractivity contribution in [3.63, 3.8) is 0 Å². The van der Waals surface area contributed by atoms with E-state index >= 15 is 0 Å². The maximum Gasteiger partial charge on any atom is 0.308 e. The molecule has 2 aliphatic carbocycles. The molecule has 1 aromatic carbocycles. The molecule has 3 atom stereocenters. The molecule has 0 aromatic heterocycles. The van der Waals surface area contributed by atoms with Crippen LogP contribution in [0.3, 0.4) is 0 Å². The number of hydrogen-bond donors (Lipinski definition) is 1. The minimum atomic E-state index is -0.829. The van der Waals surface area contributed by atoms with E-state index in [1.165, 1.54) is 11.1 Å². The van der Waals surface area contributed by atoms with Crippen LogP contribution in [0, 0.1) is 11.8 Å². The van der Waals surface area contributed by atoms with Gasteiger partial charge in [0.25, 0.3) is 0 Å². The Labute approximate surface area is 143 Å². The number of nitrogens with zero attached hydrogens (tertiary/aromatic N) is 1. The Bertz CT molecular complexity index is 618. The van der Waals surface area contributed by atoms with Gasteiger partial charge in [-0.05, 0) is 42.2 Å². The standard InChI is InChI=1S/C20H27NO3/c1-12(2)14-4-6-15(7-5-14)17-10-18(17)19(22)21(16-8-9-16)11-13(3)20(23)24/h4-7,12-13,16-18H,8-11H2,1-3H3,(H,23,24). The largest absolute Gasteiger partial charge is 0.481 e. The molecule has 0 radical (unpaired) electrons. The first-order valence-electron chi connectivity index (χ1n) is 9.01. The summed E-state index contributed by atoms with van der Waals surface area (Å²) in [5.41, 5.74) is 2.55. The molecule has 1 aromatic rings. The summed E-state index contributed by atoms with van der Waals surface area (Å²) < 4.78 is 0. The quantitative estimate of drug-likeness (QED) is 0.831. The smallest absolute Gasteiger partial charge is 0.308 e. The Kier molecular flexibility index (Phi) is 4.66. The molecule has 4 nitrogen and oxygen atoms in total. The second-order valence-electron chi connectivity index (χ2n) is 7.73. The summed E-state index contributed by atoms with van der Waals surface area (Å²) in [7, 11) is 0. The van der Waals surface area contributed by atoms with E-state index < -0.39 is 11.9 Å². The van der Waals surface area contributed by atoms with Crippen LogP contribution in [-0.2, 0) is 9.59 Å². The third-order valence-electron chi connectivity index (χ3n) is 5.30. The molecular weight excluding hydrogens is 302 g/mol. The van der Waals surface area contributed by atoms with Crippen molar-refractivity contribution >= 4 is 11.9 Å². The Morgan fingerprint density at radius 3 is 2.29 bits per heavy atom. The van der Waals surface area contributed by atoms with Crippen molar-refractivity contribution < 1.29 is 14.7 Å². The highest BCUT2D eigenvalue weighted by Crippen LogP contribution is 2.49. The van der Waals surface area contributed by atoms with Gasteiger partial charge in [-0.1, -0.05) is 45.0 Å². The number of carboxylic acids is 1. The predicted molar refractivity (Wildman–Crippen MR) is 92.9 cm³/mol. The van der Waals surface area contributed by atoms with Crippen LogP contribution in [0.2, 0.25) is 0 Å². The summed E-state index contributed by atoms with van der Waals surface area (Å²) in [5.74, 6) is -0.319. The fraction of sp³-hybridized carbons (Fsp3) is 0.600. The summed E-state index contributed by atoms with van der Waals surface area (Å²) in [6, 6.07) is 8.88. The van der Waals surface area contributed by atoms with Gasteiger partial charge in [-0.2, -0.15) is 0 Å². The summed E-state index contributed by atoms with van der Waals surface area (Å²) >= 11 is 0. The third kappa shape index (κ3) is 3.63. The lowest BCUT2D eigenvalue weighted by molar-refractivity contribution is -0.143. The van der Waals surface area contributed by atoms with Crippen molar-refractivity contribution in [1.29, 1.82) is 0 Å². The first kappa shape index (κ1) is 17.0. The molecule has 0 heterocycles. The zero-order chi connectivity index (χ0) is 17.4. The lowest BCUT2D eigenvalue weighted by atomic mass is 10.00. The Hall–Kier alpha value is -1.84. The van der Waals surface area contributed by atoms with Crippen LogP contribution in [0.4, 0.5) is 0 Å². The highest BCUT2D eigenvalue weighted by atomic mass is 16.4. The molecule has 0 spiro atoms. The number of carboxylic acid groups (broad SMARTS) is 1. The number of carbonyl (C=O) groups is 2. The van der Waals surface area contributed by atoms with E-state index in [1.54, 1.807) is 6.92 Å². The highest BCUT2D eigenvalue weighted by Gasteiger charge is 2.48. The van der Waals surface area contributed by atoms with Gasteiger partial charge in [0.1, 0.15) is 0 Å². The second kappa shape index (κ2) is 6.58. The van der Waals surface area contributed by atoms with Gasteiger partial charge in [0.05, 0.1) is 5.92 Å². The molecule has 3 unspecified atom stereocenters. The minimum absolute atomic E-state index is 0.0384. The van der Waals surface area contributed by atoms with Crippen LogP contribution < -0.4 is 0 Å². The van der Waals surface area contributed by atoms with Crippen molar-refractivity contribution in [2.75, 3.05) is 6.54 Å². The average molecular weight is 329 g/mol. The topological polar surface area (TPSA) is 57.6 Å². The van der Waals surface area contributed by atoms with Gasteiger partial charge < -0.3 is 10.0 Å². The van der Waals surface area contributed by atoms with Crippen molar-refractivity contribution in [1.82, 2.24) is 4.90 Å². The average Bonchev–Trinajstić information content (AvgIpc) is 3.45. The van der Waals surface area contributed by atoms with Gasteiger partial charge in [0.15, 0.2) is 0 Å². The molecule has 2 saturated carbocycles. The lowest BCUT2D eigenvalue weighted by Crippen LogP contribution is -2.39. The molecule has 0 bridgehead atoms. The fourth-order valence-corrected chi connectivity index (χ4v) is 3.36. The van der Waals surface area contributed by atoms with E-state index in [0.717, 1.165) is 19.3 Å². The molecule has 2 aliphatic rings. The maximum absolute atomic E-state index is 12.8. The molecule has 24 heavy (non-hydrogen) atoms. The van der Waals surface area contributed by atoms with Crippen molar-refractivity contribution in [3.8, 4) is 0 Å². The minimum Gasteiger partial charge on any atom is -0.481 e. The molecule has 0 saturated heterocycles. The second-order valence-corrected chi connectivity index (χ2v) is 7.73. The summed E-state index contributed by atoms with van der Waals surface area (Å²) in [4.78, 5) is 25.8. The number of carbonyl (C=O) groups excluding carboxylic acids is 1. The van der Waals surface area contributed by atoms with E-state index in [4.69, 9.17) is 5.11 Å². The molecule has 130 valence electrons. The molecule has 0 aliphatic heterocycles. The van der Waals surface area contributed by atoms with E-state index in [-0.39, 0.29) is 17.9 Å². The van der Waals surface area contributed by atoms with Crippen LogP contribution in [0.5, 0.6) is 0 Å². The van der Waals surface area contributed by atoms with Gasteiger partial charge in [-0.15, -0.1) is 0 Å². The van der Waals surface area contributed by atoms with E-state index in [9.17, 15) is 9.59 Å². The Morgan fingerprint density at radius 2 is 1.79 bits per heavy atom. The van der Waals surface area contributed by atoms with Crippen LogP contribution in [0.15, 0.2) is 24.3 Å². The highest BCUT2D eigenvalue weighted by molar-refractivity contribution is 5.84. The summed E-state index contributed by atoms with van der Waals surface area (Å²) in [6.07, 6.45) is 2.92. The van der Waals surface area contributed by atoms with E-state index in [1.807, 2.05) is 4.90 Å². The van der Waals surface area contributed by atoms with Crippen LogP contribution in [0.25, 0.3) is 0 Å². The number of aliphatic carboxylic acids is 1. The number of rotatable bonds is 7. The van der Waals surface area contributed by atoms with Crippen LogP contribution >= 0.6 is 0 Å². The zero-order valence-corrected chi connectivity index (χ0v) is 14.7. The molecule has 3 rings (SSSR count). The van der Waals surface area contributed by atoms with Crippen molar-refractivity contribution in [2.24, 2.45) is 11.8 Å². The predicted octanol–water partition coefficient (Wildman–Crippen LogP) is 3.63. The van der Waals surface area contributed by atoms with E-state index in [2.05, 4.69) is 38.1 Å². The van der Waals surface area contributed by atoms with Gasteiger partial charge in [-0.3, -0.25) is 9.59 Å². The van der Waals surface area contributed by atoms with Gasteiger partial charge in [0, 0.05) is 18.5 Å². The first-order chi connectivity index (χ1) is 11.4. The molecular formula is C20H27NO3. The fourth-order valence-electron chi connectivity index (χ4n) is 3.36. The number of hydrogen-bond acceptors (Lipinski definition) is 2. The van der Waals surface area contributed by atoms with Gasteiger partial charge >= 0.3 is 5.97 Å². The molecule has 1 N–H and O–H groups in total. The molecule has 1 amide bonds. The van der Waals surface area contributed by atoms with Gasteiger partial charge in [-0.25, -0.2) is 0 Å². The van der Waals surface area contributed by atoms with Crippen LogP contribution in [-0.4, -0.2) is 34.5 Å². The zero-order valence-electron chi connectivity index (χ0n) is 14.7.